The van der Waals surface area contributed by atoms with Crippen LogP contribution in [0.25, 0.3) is 0 Å². The molecule has 4 N–H and O–H groups in total. The number of benzene rings is 1. The first kappa shape index (κ1) is 14.7. The minimum atomic E-state index is -0.354. The van der Waals surface area contributed by atoms with E-state index < -0.39 is 0 Å². The Kier molecular flexibility index (Phi) is 6.39. The number of amides is 1. The topological polar surface area (TPSA) is 75.4 Å². The Bertz CT molecular complexity index is 354. The van der Waals surface area contributed by atoms with E-state index >= 15 is 0 Å². The van der Waals surface area contributed by atoms with Crippen molar-refractivity contribution in [1.82, 2.24) is 5.32 Å². The smallest absolute Gasteiger partial charge is 0.222 e. The Morgan fingerprint density at radius 2 is 2.06 bits per heavy atom. The van der Waals surface area contributed by atoms with Crippen LogP contribution >= 0.6 is 0 Å². The number of nitrogens with two attached hydrogens (primary N) is 1. The molecule has 2 atom stereocenters. The van der Waals surface area contributed by atoms with Crippen LogP contribution in [0.4, 0.5) is 0 Å². The zero-order chi connectivity index (χ0) is 13.4. The minimum absolute atomic E-state index is 0.106. The largest absolute Gasteiger partial charge is 0.394 e. The molecule has 0 aliphatic carbocycles. The normalized spacial score (nSPS) is 13.9. The monoisotopic (exact) mass is 250 g/mol. The van der Waals surface area contributed by atoms with Crippen molar-refractivity contribution >= 4 is 5.91 Å². The van der Waals surface area contributed by atoms with Crippen molar-refractivity contribution in [1.29, 1.82) is 0 Å². The van der Waals surface area contributed by atoms with E-state index in [-0.39, 0.29) is 24.6 Å². The van der Waals surface area contributed by atoms with E-state index in [1.54, 1.807) is 0 Å². The maximum Gasteiger partial charge on any atom is 0.222 e. The van der Waals surface area contributed by atoms with Gasteiger partial charge in [-0.15, -0.1) is 0 Å². The highest BCUT2D eigenvalue weighted by atomic mass is 16.3. The summed E-state index contributed by atoms with van der Waals surface area (Å²) in [6.07, 6.45) is 2.11. The van der Waals surface area contributed by atoms with Crippen molar-refractivity contribution < 1.29 is 9.90 Å². The van der Waals surface area contributed by atoms with Crippen LogP contribution in [0.3, 0.4) is 0 Å². The molecule has 0 fully saturated rings. The summed E-state index contributed by atoms with van der Waals surface area (Å²) < 4.78 is 0. The van der Waals surface area contributed by atoms with Gasteiger partial charge in [0, 0.05) is 12.5 Å². The molecule has 100 valence electrons. The van der Waals surface area contributed by atoms with Crippen LogP contribution in [-0.2, 0) is 4.79 Å². The van der Waals surface area contributed by atoms with Crippen LogP contribution in [0.2, 0.25) is 0 Å². The van der Waals surface area contributed by atoms with E-state index in [1.165, 1.54) is 0 Å². The molecule has 4 nitrogen and oxygen atoms in total. The van der Waals surface area contributed by atoms with Crippen molar-refractivity contribution in [2.75, 3.05) is 6.61 Å². The molecule has 0 aromatic heterocycles. The summed E-state index contributed by atoms with van der Waals surface area (Å²) in [5.41, 5.74) is 6.72. The van der Waals surface area contributed by atoms with Crippen molar-refractivity contribution in [3.8, 4) is 0 Å². The Morgan fingerprint density at radius 1 is 1.39 bits per heavy atom. The molecule has 0 radical (unpaired) electrons. The lowest BCUT2D eigenvalue weighted by Crippen LogP contribution is -2.35. The van der Waals surface area contributed by atoms with Gasteiger partial charge in [-0.1, -0.05) is 43.7 Å². The molecule has 4 heteroatoms. The summed E-state index contributed by atoms with van der Waals surface area (Å²) in [5.74, 6) is -0.112. The third-order valence-electron chi connectivity index (χ3n) is 2.83. The van der Waals surface area contributed by atoms with Gasteiger partial charge >= 0.3 is 0 Å². The number of hydrogen-bond acceptors (Lipinski definition) is 3. The van der Waals surface area contributed by atoms with Gasteiger partial charge in [-0.05, 0) is 12.0 Å². The summed E-state index contributed by atoms with van der Waals surface area (Å²) in [6.45, 7) is 1.93. The Morgan fingerprint density at radius 3 is 2.61 bits per heavy atom. The quantitative estimate of drug-likeness (QED) is 0.684. The lowest BCUT2D eigenvalue weighted by atomic mass is 10.1. The fourth-order valence-corrected chi connectivity index (χ4v) is 1.88. The van der Waals surface area contributed by atoms with Gasteiger partial charge in [0.15, 0.2) is 0 Å². The van der Waals surface area contributed by atoms with Crippen LogP contribution < -0.4 is 11.1 Å². The van der Waals surface area contributed by atoms with Gasteiger partial charge in [-0.3, -0.25) is 4.79 Å². The van der Waals surface area contributed by atoms with E-state index in [2.05, 4.69) is 5.32 Å². The Balaban J connectivity index is 2.51. The second-order valence-electron chi connectivity index (χ2n) is 4.47. The molecular weight excluding hydrogens is 228 g/mol. The van der Waals surface area contributed by atoms with E-state index in [9.17, 15) is 9.90 Å². The molecular formula is C14H22N2O2. The lowest BCUT2D eigenvalue weighted by molar-refractivity contribution is -0.122. The first-order valence-electron chi connectivity index (χ1n) is 6.38. The average Bonchev–Trinajstić information content (AvgIpc) is 2.37. The van der Waals surface area contributed by atoms with Crippen molar-refractivity contribution in [2.45, 2.75) is 38.3 Å². The molecule has 0 saturated carbocycles. The lowest BCUT2D eigenvalue weighted by Gasteiger charge is -2.18. The standard InChI is InChI=1S/C14H22N2O2/c1-2-6-12(15)9-14(18)16-13(10-17)11-7-4-3-5-8-11/h3-5,7-8,12-13,17H,2,6,9-10,15H2,1H3,(H,16,18). The summed E-state index contributed by atoms with van der Waals surface area (Å²) in [6, 6.07) is 8.97. The average molecular weight is 250 g/mol. The highest BCUT2D eigenvalue weighted by molar-refractivity contribution is 5.77. The summed E-state index contributed by atoms with van der Waals surface area (Å²) in [5, 5.41) is 12.1. The number of carbonyl (C=O) groups excluding carboxylic acids is 1. The predicted molar refractivity (Wildman–Crippen MR) is 71.9 cm³/mol. The van der Waals surface area contributed by atoms with Gasteiger partial charge in [0.2, 0.25) is 5.91 Å². The maximum absolute atomic E-state index is 11.8. The van der Waals surface area contributed by atoms with Crippen LogP contribution in [-0.4, -0.2) is 23.7 Å². The van der Waals surface area contributed by atoms with Gasteiger partial charge in [0.1, 0.15) is 0 Å². The molecule has 0 heterocycles. The third kappa shape index (κ3) is 4.85. The Hall–Kier alpha value is -1.39. The number of nitrogens with one attached hydrogen (secondary N) is 1. The molecule has 2 unspecified atom stereocenters. The molecule has 1 aromatic rings. The number of hydrogen-bond donors (Lipinski definition) is 3. The van der Waals surface area contributed by atoms with Gasteiger partial charge < -0.3 is 16.2 Å². The first-order chi connectivity index (χ1) is 8.67. The SMILES string of the molecule is CCCC(N)CC(=O)NC(CO)c1ccccc1. The Labute approximate surface area is 108 Å². The molecule has 0 spiro atoms. The highest BCUT2D eigenvalue weighted by Gasteiger charge is 2.15. The van der Waals surface area contributed by atoms with Gasteiger partial charge in [0.25, 0.3) is 0 Å². The number of carbonyl (C=O) groups is 1. The molecule has 0 aliphatic rings. The molecule has 1 aromatic carbocycles. The van der Waals surface area contributed by atoms with E-state index in [1.807, 2.05) is 37.3 Å². The first-order valence-corrected chi connectivity index (χ1v) is 6.38. The molecule has 0 bridgehead atoms. The summed E-state index contributed by atoms with van der Waals surface area (Å²) in [7, 11) is 0. The number of aliphatic hydroxyl groups excluding tert-OH is 1. The van der Waals surface area contributed by atoms with Gasteiger partial charge in [0.05, 0.1) is 12.6 Å². The zero-order valence-electron chi connectivity index (χ0n) is 10.8. The molecule has 1 rings (SSSR count). The fraction of sp³-hybridized carbons (Fsp3) is 0.500. The van der Waals surface area contributed by atoms with E-state index in [0.717, 1.165) is 18.4 Å². The highest BCUT2D eigenvalue weighted by Crippen LogP contribution is 2.12. The minimum Gasteiger partial charge on any atom is -0.394 e. The van der Waals surface area contributed by atoms with E-state index in [0.29, 0.717) is 6.42 Å². The van der Waals surface area contributed by atoms with Crippen molar-refractivity contribution in [3.63, 3.8) is 0 Å². The molecule has 0 saturated heterocycles. The van der Waals surface area contributed by atoms with Crippen LogP contribution in [0, 0.1) is 0 Å². The zero-order valence-corrected chi connectivity index (χ0v) is 10.8. The maximum atomic E-state index is 11.8. The number of rotatable bonds is 7. The van der Waals surface area contributed by atoms with Crippen LogP contribution in [0.5, 0.6) is 0 Å². The second-order valence-corrected chi connectivity index (χ2v) is 4.47. The van der Waals surface area contributed by atoms with Crippen molar-refractivity contribution in [2.24, 2.45) is 5.73 Å². The summed E-state index contributed by atoms with van der Waals surface area (Å²) >= 11 is 0. The van der Waals surface area contributed by atoms with Crippen LogP contribution in [0.1, 0.15) is 37.8 Å². The van der Waals surface area contributed by atoms with Crippen LogP contribution in [0.15, 0.2) is 30.3 Å². The second kappa shape index (κ2) is 7.84. The van der Waals surface area contributed by atoms with Gasteiger partial charge in [-0.2, -0.15) is 0 Å². The molecule has 18 heavy (non-hydrogen) atoms. The van der Waals surface area contributed by atoms with Gasteiger partial charge in [-0.25, -0.2) is 0 Å². The third-order valence-corrected chi connectivity index (χ3v) is 2.83. The molecule has 0 aliphatic heterocycles. The fourth-order valence-electron chi connectivity index (χ4n) is 1.88. The van der Waals surface area contributed by atoms with Crippen molar-refractivity contribution in [3.05, 3.63) is 35.9 Å². The summed E-state index contributed by atoms with van der Waals surface area (Å²) in [4.78, 5) is 11.8. The van der Waals surface area contributed by atoms with E-state index in [4.69, 9.17) is 5.73 Å². The predicted octanol–water partition coefficient (Wildman–Crippen LogP) is 1.35. The molecule has 1 amide bonds. The number of aliphatic hydroxyl groups is 1.